The maximum atomic E-state index is 10.6. The van der Waals surface area contributed by atoms with Gasteiger partial charge in [-0.05, 0) is 7.05 Å². The lowest BCUT2D eigenvalue weighted by Gasteiger charge is -2.14. The zero-order chi connectivity index (χ0) is 10.8. The lowest BCUT2D eigenvalue weighted by Crippen LogP contribution is -2.10. The van der Waals surface area contributed by atoms with Gasteiger partial charge in [-0.1, -0.05) is 0 Å². The Kier molecular flexibility index (Phi) is 2.74. The van der Waals surface area contributed by atoms with Gasteiger partial charge in [-0.15, -0.1) is 0 Å². The summed E-state index contributed by atoms with van der Waals surface area (Å²) in [7, 11) is 1.98. The van der Waals surface area contributed by atoms with Gasteiger partial charge in [-0.2, -0.15) is 0 Å². The molecule has 6 nitrogen and oxygen atoms in total. The van der Waals surface area contributed by atoms with E-state index in [1.54, 1.807) is 24.4 Å². The quantitative estimate of drug-likeness (QED) is 0.430. The average molecular weight is 226 g/mol. The molecular weight excluding hydrogens is 216 g/mol. The maximum Gasteiger partial charge on any atom is 0.289 e. The number of anilines is 1. The molecule has 7 heteroatoms. The number of nitro groups is 1. The van der Waals surface area contributed by atoms with Crippen LogP contribution >= 0.6 is 12.1 Å². The highest BCUT2D eigenvalue weighted by molar-refractivity contribution is 7.98. The second-order valence-corrected chi connectivity index (χ2v) is 4.42. The molecule has 0 saturated carbocycles. The number of pyridine rings is 1. The van der Waals surface area contributed by atoms with Crippen molar-refractivity contribution < 1.29 is 4.92 Å². The fourth-order valence-electron chi connectivity index (χ4n) is 1.31. The third-order valence-corrected chi connectivity index (χ3v) is 3.12. The fraction of sp³-hybridized carbons (Fsp3) is 0.375. The highest BCUT2D eigenvalue weighted by Gasteiger charge is 2.20. The van der Waals surface area contributed by atoms with E-state index in [0.29, 0.717) is 0 Å². The summed E-state index contributed by atoms with van der Waals surface area (Å²) >= 11 is 1.54. The normalized spacial score (nSPS) is 17.0. The van der Waals surface area contributed by atoms with Crippen LogP contribution in [0.5, 0.6) is 0 Å². The second-order valence-electron chi connectivity index (χ2n) is 3.19. The molecule has 0 spiro atoms. The van der Waals surface area contributed by atoms with Crippen molar-refractivity contribution in [1.82, 2.24) is 9.29 Å². The molecule has 1 aromatic rings. The van der Waals surface area contributed by atoms with Crippen LogP contribution in [0.1, 0.15) is 0 Å². The van der Waals surface area contributed by atoms with Crippen LogP contribution in [0.25, 0.3) is 0 Å². The van der Waals surface area contributed by atoms with Crippen molar-refractivity contribution in [3.63, 3.8) is 0 Å². The van der Waals surface area contributed by atoms with Crippen LogP contribution < -0.4 is 4.31 Å². The van der Waals surface area contributed by atoms with E-state index in [9.17, 15) is 10.1 Å². The van der Waals surface area contributed by atoms with Gasteiger partial charge in [0.2, 0.25) is 0 Å². The first-order chi connectivity index (χ1) is 7.16. The van der Waals surface area contributed by atoms with Crippen LogP contribution in [0, 0.1) is 10.1 Å². The van der Waals surface area contributed by atoms with Crippen LogP contribution in [0.2, 0.25) is 0 Å². The molecule has 0 N–H and O–H groups in total. The van der Waals surface area contributed by atoms with Gasteiger partial charge in [0.15, 0.2) is 0 Å². The summed E-state index contributed by atoms with van der Waals surface area (Å²) in [5.74, 6) is 0. The first-order valence-corrected chi connectivity index (χ1v) is 5.16. The summed E-state index contributed by atoms with van der Waals surface area (Å²) in [4.78, 5) is 14.0. The molecule has 0 atom stereocenters. The molecule has 0 bridgehead atoms. The minimum atomic E-state index is -0.430. The Hall–Kier alpha value is -1.34. The Bertz CT molecular complexity index is 387. The number of likely N-dealkylation sites (N-methyl/N-ethyl adjacent to an activating group) is 1. The molecule has 1 fully saturated rings. The Labute approximate surface area is 91.3 Å². The third kappa shape index (κ3) is 2.18. The minimum Gasteiger partial charge on any atom is -0.300 e. The molecule has 0 radical (unpaired) electrons. The Morgan fingerprint density at radius 1 is 1.53 bits per heavy atom. The van der Waals surface area contributed by atoms with Gasteiger partial charge < -0.3 is 4.31 Å². The smallest absolute Gasteiger partial charge is 0.289 e. The Morgan fingerprint density at radius 2 is 2.33 bits per heavy atom. The van der Waals surface area contributed by atoms with Crippen molar-refractivity contribution in [1.29, 1.82) is 0 Å². The van der Waals surface area contributed by atoms with Crippen LogP contribution in [0.15, 0.2) is 18.5 Å². The standard InChI is InChI=1S/C8H10N4O2S/c1-10-2-3-11(15-10)7-4-8(12(13)14)6-9-5-7/h4-6H,2-3H2,1H3. The molecule has 80 valence electrons. The van der Waals surface area contributed by atoms with E-state index in [1.807, 2.05) is 11.4 Å². The highest BCUT2D eigenvalue weighted by Crippen LogP contribution is 2.29. The molecule has 0 unspecified atom stereocenters. The van der Waals surface area contributed by atoms with E-state index in [0.717, 1.165) is 18.8 Å². The van der Waals surface area contributed by atoms with Gasteiger partial charge in [-0.3, -0.25) is 15.1 Å². The predicted octanol–water partition coefficient (Wildman–Crippen LogP) is 1.30. The Balaban J connectivity index is 2.21. The molecule has 1 aromatic heterocycles. The lowest BCUT2D eigenvalue weighted by molar-refractivity contribution is -0.385. The molecule has 0 amide bonds. The minimum absolute atomic E-state index is 0.0302. The van der Waals surface area contributed by atoms with E-state index in [-0.39, 0.29) is 5.69 Å². The summed E-state index contributed by atoms with van der Waals surface area (Å²) in [5, 5.41) is 10.6. The van der Waals surface area contributed by atoms with E-state index in [2.05, 4.69) is 9.29 Å². The fourth-order valence-corrected chi connectivity index (χ4v) is 2.17. The molecule has 15 heavy (non-hydrogen) atoms. The van der Waals surface area contributed by atoms with Crippen molar-refractivity contribution in [3.8, 4) is 0 Å². The van der Waals surface area contributed by atoms with Crippen LogP contribution in [0.3, 0.4) is 0 Å². The van der Waals surface area contributed by atoms with Gasteiger partial charge in [0.25, 0.3) is 5.69 Å². The monoisotopic (exact) mass is 226 g/mol. The van der Waals surface area contributed by atoms with E-state index in [4.69, 9.17) is 0 Å². The molecule has 2 heterocycles. The van der Waals surface area contributed by atoms with Crippen LogP contribution in [0.4, 0.5) is 11.4 Å². The van der Waals surface area contributed by atoms with Crippen molar-refractivity contribution >= 4 is 23.5 Å². The maximum absolute atomic E-state index is 10.6. The van der Waals surface area contributed by atoms with E-state index >= 15 is 0 Å². The van der Waals surface area contributed by atoms with Gasteiger partial charge in [0, 0.05) is 31.3 Å². The SMILES string of the molecule is CN1CCN(c2cncc([N+](=O)[O-])c2)S1. The molecule has 2 rings (SSSR count). The molecule has 0 aliphatic carbocycles. The number of aromatic nitrogens is 1. The van der Waals surface area contributed by atoms with E-state index in [1.165, 1.54) is 6.20 Å². The average Bonchev–Trinajstić information content (AvgIpc) is 2.65. The van der Waals surface area contributed by atoms with Crippen LogP contribution in [-0.4, -0.2) is 34.3 Å². The van der Waals surface area contributed by atoms with Crippen molar-refractivity contribution in [2.24, 2.45) is 0 Å². The third-order valence-electron chi connectivity index (χ3n) is 2.06. The number of nitrogens with zero attached hydrogens (tertiary/aromatic N) is 4. The van der Waals surface area contributed by atoms with Crippen molar-refractivity contribution in [2.75, 3.05) is 24.4 Å². The molecule has 1 saturated heterocycles. The first kappa shape index (κ1) is 10.2. The number of hydrogen-bond donors (Lipinski definition) is 0. The van der Waals surface area contributed by atoms with Crippen LogP contribution in [-0.2, 0) is 0 Å². The lowest BCUT2D eigenvalue weighted by atomic mass is 10.3. The molecular formula is C8H10N4O2S. The number of hydrogen-bond acceptors (Lipinski definition) is 6. The molecule has 0 aromatic carbocycles. The second kappa shape index (κ2) is 4.03. The van der Waals surface area contributed by atoms with Gasteiger partial charge in [0.05, 0.1) is 16.8 Å². The largest absolute Gasteiger partial charge is 0.300 e. The van der Waals surface area contributed by atoms with Gasteiger partial charge in [-0.25, -0.2) is 4.31 Å². The summed E-state index contributed by atoms with van der Waals surface area (Å²) in [6, 6.07) is 1.54. The predicted molar refractivity (Wildman–Crippen MR) is 58.5 cm³/mol. The topological polar surface area (TPSA) is 62.5 Å². The first-order valence-electron chi connectivity index (χ1n) is 4.43. The van der Waals surface area contributed by atoms with E-state index < -0.39 is 4.92 Å². The summed E-state index contributed by atoms with van der Waals surface area (Å²) < 4.78 is 4.05. The van der Waals surface area contributed by atoms with Gasteiger partial charge >= 0.3 is 0 Å². The zero-order valence-corrected chi connectivity index (χ0v) is 8.98. The number of rotatable bonds is 2. The Morgan fingerprint density at radius 3 is 2.93 bits per heavy atom. The van der Waals surface area contributed by atoms with Crippen molar-refractivity contribution in [3.05, 3.63) is 28.6 Å². The van der Waals surface area contributed by atoms with Crippen molar-refractivity contribution in [2.45, 2.75) is 0 Å². The molecule has 1 aliphatic rings. The molecule has 1 aliphatic heterocycles. The summed E-state index contributed by atoms with van der Waals surface area (Å²) in [6.45, 7) is 1.79. The highest BCUT2D eigenvalue weighted by atomic mass is 32.2. The summed E-state index contributed by atoms with van der Waals surface area (Å²) in [6.07, 6.45) is 2.90. The summed E-state index contributed by atoms with van der Waals surface area (Å²) in [5.41, 5.74) is 0.807. The zero-order valence-electron chi connectivity index (χ0n) is 8.16. The van der Waals surface area contributed by atoms with Gasteiger partial charge in [0.1, 0.15) is 6.20 Å².